The maximum atomic E-state index is 12.3. The third-order valence-corrected chi connectivity index (χ3v) is 3.49. The molecule has 106 valence electrons. The monoisotopic (exact) mass is 292 g/mol. The van der Waals surface area contributed by atoms with Crippen LogP contribution >= 0.6 is 11.5 Å². The summed E-state index contributed by atoms with van der Waals surface area (Å²) in [5.74, 6) is 0.314. The molecule has 0 saturated heterocycles. The van der Waals surface area contributed by atoms with Gasteiger partial charge in [-0.15, -0.1) is 5.10 Å². The van der Waals surface area contributed by atoms with Crippen LogP contribution in [0.2, 0.25) is 0 Å². The molecule has 6 nitrogen and oxygen atoms in total. The molecule has 0 atom stereocenters. The zero-order chi connectivity index (χ0) is 14.5. The Morgan fingerprint density at radius 2 is 2.30 bits per heavy atom. The van der Waals surface area contributed by atoms with Crippen LogP contribution in [0.3, 0.4) is 0 Å². The quantitative estimate of drug-likeness (QED) is 0.825. The number of nitrogens with one attached hydrogen (secondary N) is 1. The molecule has 1 heterocycles. The topological polar surface area (TPSA) is 90.1 Å². The van der Waals surface area contributed by atoms with E-state index in [9.17, 15) is 4.79 Å². The molecule has 0 aliphatic heterocycles. The number of ether oxygens (including phenoxy) is 1. The van der Waals surface area contributed by atoms with Gasteiger partial charge in [0.15, 0.2) is 0 Å². The Kier molecular flexibility index (Phi) is 4.52. The maximum absolute atomic E-state index is 12.3. The fraction of sp³-hybridized carbons (Fsp3) is 0.308. The summed E-state index contributed by atoms with van der Waals surface area (Å²) in [5, 5.41) is 6.77. The number of hydrogen-bond donors (Lipinski definition) is 2. The summed E-state index contributed by atoms with van der Waals surface area (Å²) in [6, 6.07) is 5.08. The molecule has 1 aromatic carbocycles. The first-order valence-electron chi connectivity index (χ1n) is 6.21. The number of nitrogens with zero attached hydrogens (tertiary/aromatic N) is 2. The van der Waals surface area contributed by atoms with Crippen LogP contribution in [0.15, 0.2) is 18.2 Å². The number of nitrogens with two attached hydrogens (primary N) is 1. The highest BCUT2D eigenvalue weighted by molar-refractivity contribution is 7.08. The third-order valence-electron chi connectivity index (χ3n) is 2.72. The van der Waals surface area contributed by atoms with Crippen molar-refractivity contribution in [3.8, 4) is 5.75 Å². The molecule has 0 unspecified atom stereocenters. The van der Waals surface area contributed by atoms with Crippen molar-refractivity contribution in [3.05, 3.63) is 28.8 Å². The number of nitrogen functional groups attached to an aromatic ring is 1. The van der Waals surface area contributed by atoms with Crippen molar-refractivity contribution in [1.29, 1.82) is 0 Å². The van der Waals surface area contributed by atoms with E-state index in [2.05, 4.69) is 14.9 Å². The van der Waals surface area contributed by atoms with Crippen molar-refractivity contribution >= 4 is 28.8 Å². The first-order chi connectivity index (χ1) is 9.65. The number of hydrogen-bond acceptors (Lipinski definition) is 6. The Bertz CT molecular complexity index is 612. The summed E-state index contributed by atoms with van der Waals surface area (Å²) < 4.78 is 9.04. The second kappa shape index (κ2) is 6.33. The number of aromatic nitrogens is 2. The number of benzene rings is 1. The van der Waals surface area contributed by atoms with E-state index >= 15 is 0 Å². The summed E-state index contributed by atoms with van der Waals surface area (Å²) >= 11 is 1.09. The minimum absolute atomic E-state index is 0.243. The number of aryl methyl sites for hydroxylation is 1. The number of methoxy groups -OCH3 is 1. The normalized spacial score (nSPS) is 10.3. The zero-order valence-electron chi connectivity index (χ0n) is 11.3. The van der Waals surface area contributed by atoms with Crippen molar-refractivity contribution < 1.29 is 9.53 Å². The van der Waals surface area contributed by atoms with Gasteiger partial charge in [0, 0.05) is 5.69 Å². The van der Waals surface area contributed by atoms with Crippen molar-refractivity contribution in [2.45, 2.75) is 19.8 Å². The number of carbonyl (C=O) groups is 1. The van der Waals surface area contributed by atoms with Gasteiger partial charge < -0.3 is 15.8 Å². The third kappa shape index (κ3) is 3.05. The van der Waals surface area contributed by atoms with Crippen molar-refractivity contribution in [2.75, 3.05) is 18.2 Å². The number of amides is 1. The second-order valence-corrected chi connectivity index (χ2v) is 4.97. The Hall–Kier alpha value is -2.15. The lowest BCUT2D eigenvalue weighted by atomic mass is 10.2. The van der Waals surface area contributed by atoms with Gasteiger partial charge in [-0.1, -0.05) is 17.8 Å². The van der Waals surface area contributed by atoms with E-state index in [1.807, 2.05) is 6.92 Å². The summed E-state index contributed by atoms with van der Waals surface area (Å²) in [4.78, 5) is 12.8. The minimum atomic E-state index is -0.243. The van der Waals surface area contributed by atoms with Crippen LogP contribution in [0.4, 0.5) is 11.4 Å². The smallest absolute Gasteiger partial charge is 0.269 e. The second-order valence-electron chi connectivity index (χ2n) is 4.21. The number of anilines is 2. The van der Waals surface area contributed by atoms with E-state index in [-0.39, 0.29) is 5.91 Å². The average molecular weight is 292 g/mol. The van der Waals surface area contributed by atoms with Gasteiger partial charge in [0.05, 0.1) is 18.5 Å². The number of carbonyl (C=O) groups excluding carboxylic acids is 1. The molecule has 1 aromatic heterocycles. The molecule has 3 N–H and O–H groups in total. The summed E-state index contributed by atoms with van der Waals surface area (Å²) in [5.41, 5.74) is 7.53. The molecule has 0 fully saturated rings. The van der Waals surface area contributed by atoms with Gasteiger partial charge in [-0.25, -0.2) is 0 Å². The van der Waals surface area contributed by atoms with Gasteiger partial charge in [-0.05, 0) is 36.2 Å². The van der Waals surface area contributed by atoms with E-state index in [4.69, 9.17) is 10.5 Å². The van der Waals surface area contributed by atoms with Crippen LogP contribution in [0.5, 0.6) is 5.75 Å². The first-order valence-corrected chi connectivity index (χ1v) is 6.99. The molecule has 2 rings (SSSR count). The van der Waals surface area contributed by atoms with Gasteiger partial charge in [0.1, 0.15) is 10.6 Å². The molecule has 0 spiro atoms. The summed E-state index contributed by atoms with van der Waals surface area (Å²) in [6.45, 7) is 2.03. The Morgan fingerprint density at radius 3 is 3.00 bits per heavy atom. The highest BCUT2D eigenvalue weighted by atomic mass is 32.1. The highest BCUT2D eigenvalue weighted by Gasteiger charge is 2.17. The first kappa shape index (κ1) is 14.3. The van der Waals surface area contributed by atoms with Crippen LogP contribution < -0.4 is 15.8 Å². The highest BCUT2D eigenvalue weighted by Crippen LogP contribution is 2.27. The molecular formula is C13H16N4O2S. The van der Waals surface area contributed by atoms with Crippen LogP contribution in [0.1, 0.15) is 28.7 Å². The average Bonchev–Trinajstić information content (AvgIpc) is 2.88. The Balaban J connectivity index is 2.23. The predicted octanol–water partition coefficient (Wildman–Crippen LogP) is 2.33. The van der Waals surface area contributed by atoms with Gasteiger partial charge in [0.25, 0.3) is 5.91 Å². The van der Waals surface area contributed by atoms with E-state index < -0.39 is 0 Å². The van der Waals surface area contributed by atoms with E-state index in [1.54, 1.807) is 18.2 Å². The van der Waals surface area contributed by atoms with Gasteiger partial charge in [-0.2, -0.15) is 0 Å². The maximum Gasteiger partial charge on any atom is 0.269 e. The molecular weight excluding hydrogens is 276 g/mol. The molecule has 0 saturated carbocycles. The van der Waals surface area contributed by atoms with Crippen LogP contribution in [0, 0.1) is 0 Å². The van der Waals surface area contributed by atoms with Crippen molar-refractivity contribution in [3.63, 3.8) is 0 Å². The SMILES string of the molecule is CCCc1nnsc1C(=O)Nc1cc(N)ccc1OC. The van der Waals surface area contributed by atoms with Gasteiger partial charge in [-0.3, -0.25) is 4.79 Å². The molecule has 1 amide bonds. The Labute approximate surface area is 121 Å². The fourth-order valence-corrected chi connectivity index (χ4v) is 2.39. The lowest BCUT2D eigenvalue weighted by Gasteiger charge is -2.10. The summed E-state index contributed by atoms with van der Waals surface area (Å²) in [6.07, 6.45) is 1.64. The lowest BCUT2D eigenvalue weighted by molar-refractivity contribution is 0.102. The fourth-order valence-electron chi connectivity index (χ4n) is 1.78. The number of rotatable bonds is 5. The molecule has 0 aliphatic carbocycles. The van der Waals surface area contributed by atoms with Crippen LogP contribution in [-0.2, 0) is 6.42 Å². The molecule has 0 aliphatic rings. The molecule has 7 heteroatoms. The Morgan fingerprint density at radius 1 is 1.50 bits per heavy atom. The largest absolute Gasteiger partial charge is 0.495 e. The van der Waals surface area contributed by atoms with Gasteiger partial charge >= 0.3 is 0 Å². The van der Waals surface area contributed by atoms with Gasteiger partial charge in [0.2, 0.25) is 0 Å². The van der Waals surface area contributed by atoms with E-state index in [0.717, 1.165) is 30.1 Å². The molecule has 0 bridgehead atoms. The van der Waals surface area contributed by atoms with Crippen LogP contribution in [0.25, 0.3) is 0 Å². The van der Waals surface area contributed by atoms with E-state index in [0.29, 0.717) is 22.0 Å². The molecule has 0 radical (unpaired) electrons. The molecule has 20 heavy (non-hydrogen) atoms. The molecule has 2 aromatic rings. The lowest BCUT2D eigenvalue weighted by Crippen LogP contribution is -2.13. The zero-order valence-corrected chi connectivity index (χ0v) is 12.2. The van der Waals surface area contributed by atoms with Crippen molar-refractivity contribution in [1.82, 2.24) is 9.59 Å². The van der Waals surface area contributed by atoms with Crippen LogP contribution in [-0.4, -0.2) is 22.6 Å². The minimum Gasteiger partial charge on any atom is -0.495 e. The predicted molar refractivity (Wildman–Crippen MR) is 79.3 cm³/mol. The standard InChI is InChI=1S/C13H16N4O2S/c1-3-4-9-12(20-17-16-9)13(18)15-10-7-8(14)5-6-11(10)19-2/h5-7H,3-4,14H2,1-2H3,(H,15,18). The van der Waals surface area contributed by atoms with Crippen molar-refractivity contribution in [2.24, 2.45) is 0 Å². The van der Waals surface area contributed by atoms with E-state index in [1.165, 1.54) is 7.11 Å². The summed E-state index contributed by atoms with van der Waals surface area (Å²) in [7, 11) is 1.54.